The number of rotatable bonds is 10. The Bertz CT molecular complexity index is 952. The van der Waals surface area contributed by atoms with Gasteiger partial charge in [0.1, 0.15) is 5.75 Å². The van der Waals surface area contributed by atoms with Crippen molar-refractivity contribution in [2.45, 2.75) is 31.1 Å². The highest BCUT2D eigenvalue weighted by molar-refractivity contribution is 7.90. The van der Waals surface area contributed by atoms with E-state index in [9.17, 15) is 26.4 Å². The number of hydrogen-bond donors (Lipinski definition) is 2. The third-order valence-corrected chi connectivity index (χ3v) is 5.67. The molecule has 0 bridgehead atoms. The number of carbonyl (C=O) groups excluding carboxylic acids is 1. The van der Waals surface area contributed by atoms with Crippen LogP contribution >= 0.6 is 0 Å². The van der Waals surface area contributed by atoms with Crippen LogP contribution in [0, 0.1) is 0 Å². The van der Waals surface area contributed by atoms with Crippen LogP contribution in [-0.4, -0.2) is 45.1 Å². The summed E-state index contributed by atoms with van der Waals surface area (Å²) in [6.07, 6.45) is -4.77. The van der Waals surface area contributed by atoms with Gasteiger partial charge in [0.05, 0.1) is 5.75 Å². The van der Waals surface area contributed by atoms with Crippen LogP contribution in [0.1, 0.15) is 12.5 Å². The van der Waals surface area contributed by atoms with Gasteiger partial charge in [0.15, 0.2) is 9.84 Å². The van der Waals surface area contributed by atoms with Crippen molar-refractivity contribution >= 4 is 21.4 Å². The summed E-state index contributed by atoms with van der Waals surface area (Å²) in [4.78, 5) is 12.2. The highest BCUT2D eigenvalue weighted by Crippen LogP contribution is 2.23. The minimum absolute atomic E-state index is 0.217. The summed E-state index contributed by atoms with van der Waals surface area (Å²) < 4.78 is 64.7. The van der Waals surface area contributed by atoms with Gasteiger partial charge in [0.25, 0.3) is 0 Å². The Hall–Kier alpha value is -2.79. The van der Waals surface area contributed by atoms with Crippen molar-refractivity contribution in [1.82, 2.24) is 5.32 Å². The zero-order chi connectivity index (χ0) is 23.1. The predicted molar refractivity (Wildman–Crippen MR) is 111 cm³/mol. The Kier molecular flexibility index (Phi) is 8.28. The van der Waals surface area contributed by atoms with Crippen molar-refractivity contribution < 1.29 is 31.1 Å². The van der Waals surface area contributed by atoms with E-state index in [1.807, 2.05) is 0 Å². The SMILES string of the molecule is C[C@@H](CNc1ccc(OC(F)(F)F)cc1)NC(=O)[C@@H]([NH-])CS(=O)(=O)Cc1ccccc1. The molecule has 2 aromatic carbocycles. The average Bonchev–Trinajstić information content (AvgIpc) is 2.66. The maximum Gasteiger partial charge on any atom is 0.573 e. The van der Waals surface area contributed by atoms with Crippen LogP contribution in [0.2, 0.25) is 0 Å². The van der Waals surface area contributed by atoms with E-state index < -0.39 is 39.9 Å². The van der Waals surface area contributed by atoms with Crippen molar-refractivity contribution in [1.29, 1.82) is 0 Å². The molecule has 0 spiro atoms. The summed E-state index contributed by atoms with van der Waals surface area (Å²) >= 11 is 0. The fourth-order valence-corrected chi connectivity index (χ4v) is 4.13. The van der Waals surface area contributed by atoms with E-state index in [2.05, 4.69) is 15.4 Å². The first kappa shape index (κ1) is 24.5. The largest absolute Gasteiger partial charge is 0.666 e. The Morgan fingerprint density at radius 1 is 1.10 bits per heavy atom. The number of halogens is 3. The van der Waals surface area contributed by atoms with Gasteiger partial charge >= 0.3 is 6.36 Å². The van der Waals surface area contributed by atoms with Gasteiger partial charge in [0.2, 0.25) is 5.91 Å². The molecule has 0 aliphatic rings. The first-order valence-corrected chi connectivity index (χ1v) is 11.1. The molecular formula is C20H23F3N3O4S-. The molecule has 0 fully saturated rings. The molecular weight excluding hydrogens is 435 g/mol. The smallest absolute Gasteiger partial charge is 0.573 e. The Morgan fingerprint density at radius 3 is 2.29 bits per heavy atom. The molecule has 11 heteroatoms. The van der Waals surface area contributed by atoms with Gasteiger partial charge in [-0.05, 0) is 42.8 Å². The monoisotopic (exact) mass is 458 g/mol. The number of ether oxygens (including phenoxy) is 1. The molecule has 0 radical (unpaired) electrons. The van der Waals surface area contributed by atoms with Crippen LogP contribution in [0.5, 0.6) is 5.75 Å². The number of alkyl halides is 3. The molecule has 2 atom stereocenters. The number of hydrogen-bond acceptors (Lipinski definition) is 5. The average molecular weight is 458 g/mol. The highest BCUT2D eigenvalue weighted by Gasteiger charge is 2.30. The third-order valence-electron chi connectivity index (χ3n) is 4.06. The molecule has 0 aromatic heterocycles. The van der Waals surface area contributed by atoms with Crippen molar-refractivity contribution in [2.75, 3.05) is 17.6 Å². The Morgan fingerprint density at radius 2 is 1.71 bits per heavy atom. The summed E-state index contributed by atoms with van der Waals surface area (Å²) in [6, 6.07) is 11.6. The lowest BCUT2D eigenvalue weighted by atomic mass is 10.2. The van der Waals surface area contributed by atoms with Crippen molar-refractivity contribution in [3.05, 3.63) is 65.9 Å². The van der Waals surface area contributed by atoms with Crippen LogP contribution in [-0.2, 0) is 20.4 Å². The van der Waals surface area contributed by atoms with Gasteiger partial charge in [-0.25, -0.2) is 8.42 Å². The lowest BCUT2D eigenvalue weighted by Crippen LogP contribution is -2.44. The fourth-order valence-electron chi connectivity index (χ4n) is 2.66. The zero-order valence-corrected chi connectivity index (χ0v) is 17.5. The van der Waals surface area contributed by atoms with E-state index in [1.165, 1.54) is 12.1 Å². The molecule has 1 amide bonds. The summed E-state index contributed by atoms with van der Waals surface area (Å²) in [5.74, 6) is -1.93. The second-order valence-corrected chi connectivity index (χ2v) is 9.06. The Labute approximate surface area is 178 Å². The van der Waals surface area contributed by atoms with E-state index in [0.29, 0.717) is 11.3 Å². The van der Waals surface area contributed by atoms with Gasteiger partial charge in [0, 0.05) is 24.0 Å². The zero-order valence-electron chi connectivity index (χ0n) is 16.6. The lowest BCUT2D eigenvalue weighted by Gasteiger charge is -2.23. The fraction of sp³-hybridized carbons (Fsp3) is 0.350. The number of anilines is 1. The van der Waals surface area contributed by atoms with Gasteiger partial charge in [-0.1, -0.05) is 30.3 Å². The van der Waals surface area contributed by atoms with Crippen LogP contribution in [0.3, 0.4) is 0 Å². The van der Waals surface area contributed by atoms with Crippen molar-refractivity contribution in [2.24, 2.45) is 0 Å². The standard InChI is InChI=1S/C20H23F3N3O4S/c1-14(11-25-16-7-9-17(10-8-16)30-20(21,22)23)26-19(27)18(24)13-31(28,29)12-15-5-3-2-4-6-15/h2-10,14,18,24-25H,11-13H2,1H3,(H,26,27)/q-1/t14-,18-/m0/s1. The molecule has 31 heavy (non-hydrogen) atoms. The number of benzene rings is 2. The van der Waals surface area contributed by atoms with E-state index in [4.69, 9.17) is 5.73 Å². The predicted octanol–water partition coefficient (Wildman–Crippen LogP) is 3.54. The second-order valence-electron chi connectivity index (χ2n) is 6.96. The minimum Gasteiger partial charge on any atom is -0.666 e. The molecule has 0 aliphatic heterocycles. The summed E-state index contributed by atoms with van der Waals surface area (Å²) in [5, 5.41) is 5.48. The molecule has 170 valence electrons. The van der Waals surface area contributed by atoms with Crippen LogP contribution < -0.4 is 15.4 Å². The first-order chi connectivity index (χ1) is 14.4. The molecule has 2 aromatic rings. The number of amides is 1. The van der Waals surface area contributed by atoms with E-state index >= 15 is 0 Å². The quantitative estimate of drug-likeness (QED) is 0.566. The maximum atomic E-state index is 12.2. The molecule has 0 unspecified atom stereocenters. The van der Waals surface area contributed by atoms with Crippen LogP contribution in [0.25, 0.3) is 5.73 Å². The number of sulfone groups is 1. The highest BCUT2D eigenvalue weighted by atomic mass is 32.2. The molecule has 7 nitrogen and oxygen atoms in total. The van der Waals surface area contributed by atoms with Gasteiger partial charge < -0.3 is 21.1 Å². The van der Waals surface area contributed by atoms with Crippen LogP contribution in [0.4, 0.5) is 18.9 Å². The molecule has 0 saturated heterocycles. The van der Waals surface area contributed by atoms with Crippen molar-refractivity contribution in [3.63, 3.8) is 0 Å². The van der Waals surface area contributed by atoms with Gasteiger partial charge in [-0.2, -0.15) is 0 Å². The Balaban J connectivity index is 1.79. The first-order valence-electron chi connectivity index (χ1n) is 9.29. The van der Waals surface area contributed by atoms with Gasteiger partial charge in [-0.15, -0.1) is 13.2 Å². The molecule has 0 aliphatic carbocycles. The lowest BCUT2D eigenvalue weighted by molar-refractivity contribution is -0.274. The maximum absolute atomic E-state index is 12.2. The van der Waals surface area contributed by atoms with Crippen LogP contribution in [0.15, 0.2) is 54.6 Å². The van der Waals surface area contributed by atoms with E-state index in [-0.39, 0.29) is 18.0 Å². The molecule has 2 rings (SSSR count). The summed E-state index contributed by atoms with van der Waals surface area (Å²) in [7, 11) is -3.64. The normalized spacial score (nSPS) is 13.8. The number of nitrogens with one attached hydrogen (secondary N) is 3. The van der Waals surface area contributed by atoms with E-state index in [0.717, 1.165) is 12.1 Å². The topological polar surface area (TPSA) is 108 Å². The van der Waals surface area contributed by atoms with Crippen molar-refractivity contribution in [3.8, 4) is 5.75 Å². The second kappa shape index (κ2) is 10.5. The minimum atomic E-state index is -4.77. The molecule has 3 N–H and O–H groups in total. The summed E-state index contributed by atoms with van der Waals surface area (Å²) in [6.45, 7) is 1.87. The summed E-state index contributed by atoms with van der Waals surface area (Å²) in [5.41, 5.74) is 8.95. The van der Waals surface area contributed by atoms with E-state index in [1.54, 1.807) is 37.3 Å². The molecule has 0 heterocycles. The van der Waals surface area contributed by atoms with Gasteiger partial charge in [-0.3, -0.25) is 4.79 Å². The third kappa shape index (κ3) is 9.26. The molecule has 0 saturated carbocycles. The number of carbonyl (C=O) groups is 1.